The Labute approximate surface area is 141 Å². The zero-order chi connectivity index (χ0) is 17.5. The van der Waals surface area contributed by atoms with Crippen molar-refractivity contribution in [3.8, 4) is 0 Å². The minimum Gasteiger partial charge on any atom is -0.355 e. The van der Waals surface area contributed by atoms with Crippen molar-refractivity contribution >= 4 is 23.1 Å². The lowest BCUT2D eigenvalue weighted by Crippen LogP contribution is -2.31. The number of nitrogens with one attached hydrogen (secondary N) is 2. The van der Waals surface area contributed by atoms with Gasteiger partial charge in [-0.15, -0.1) is 0 Å². The van der Waals surface area contributed by atoms with E-state index in [1.807, 2.05) is 31.1 Å². The van der Waals surface area contributed by atoms with Crippen molar-refractivity contribution in [1.82, 2.24) is 15.2 Å². The quantitative estimate of drug-likeness (QED) is 0.764. The lowest BCUT2D eigenvalue weighted by Gasteiger charge is -2.11. The van der Waals surface area contributed by atoms with Gasteiger partial charge in [-0.05, 0) is 57.4 Å². The third kappa shape index (κ3) is 5.17. The molecule has 6 heteroatoms. The van der Waals surface area contributed by atoms with E-state index in [1.54, 1.807) is 30.5 Å². The minimum absolute atomic E-state index is 0.0298. The van der Waals surface area contributed by atoms with Gasteiger partial charge in [-0.1, -0.05) is 0 Å². The molecular formula is C18H22N4O2. The zero-order valence-corrected chi connectivity index (χ0v) is 14.2. The summed E-state index contributed by atoms with van der Waals surface area (Å²) in [5.74, 6) is -0.172. The Hall–Kier alpha value is -2.73. The summed E-state index contributed by atoms with van der Waals surface area (Å²) in [7, 11) is 3.90. The topological polar surface area (TPSA) is 74.3 Å². The molecule has 6 nitrogen and oxygen atoms in total. The maximum absolute atomic E-state index is 12.1. The van der Waals surface area contributed by atoms with Crippen molar-refractivity contribution in [3.63, 3.8) is 0 Å². The molecule has 0 unspecified atom stereocenters. The zero-order valence-electron chi connectivity index (χ0n) is 14.2. The third-order valence-electron chi connectivity index (χ3n) is 3.42. The van der Waals surface area contributed by atoms with Crippen molar-refractivity contribution < 1.29 is 9.59 Å². The van der Waals surface area contributed by atoms with Crippen LogP contribution < -0.4 is 10.6 Å². The fraction of sp³-hybridized carbons (Fsp3) is 0.278. The SMILES string of the molecule is CC(=O)c1ccc(Nc2ccnc(C(=O)NCCN(C)C)c2)cc1. The summed E-state index contributed by atoms with van der Waals surface area (Å²) >= 11 is 0. The molecule has 0 bridgehead atoms. The number of carbonyl (C=O) groups excluding carboxylic acids is 2. The van der Waals surface area contributed by atoms with Crippen molar-refractivity contribution in [2.45, 2.75) is 6.92 Å². The number of rotatable bonds is 7. The van der Waals surface area contributed by atoms with Crippen LogP contribution in [0.3, 0.4) is 0 Å². The molecule has 0 aliphatic rings. The maximum atomic E-state index is 12.1. The van der Waals surface area contributed by atoms with Crippen LogP contribution in [0.25, 0.3) is 0 Å². The maximum Gasteiger partial charge on any atom is 0.269 e. The summed E-state index contributed by atoms with van der Waals surface area (Å²) in [4.78, 5) is 29.5. The van der Waals surface area contributed by atoms with Crippen LogP contribution >= 0.6 is 0 Å². The van der Waals surface area contributed by atoms with Gasteiger partial charge in [-0.3, -0.25) is 14.6 Å². The van der Waals surface area contributed by atoms with E-state index in [4.69, 9.17) is 0 Å². The number of ketones is 1. The Balaban J connectivity index is 2.01. The molecule has 126 valence electrons. The first-order valence-electron chi connectivity index (χ1n) is 7.72. The van der Waals surface area contributed by atoms with Crippen LogP contribution in [0.4, 0.5) is 11.4 Å². The van der Waals surface area contributed by atoms with Crippen LogP contribution in [0.2, 0.25) is 0 Å². The van der Waals surface area contributed by atoms with E-state index in [-0.39, 0.29) is 11.7 Å². The molecule has 1 heterocycles. The van der Waals surface area contributed by atoms with Gasteiger partial charge < -0.3 is 15.5 Å². The van der Waals surface area contributed by atoms with Crippen LogP contribution in [-0.4, -0.2) is 48.8 Å². The van der Waals surface area contributed by atoms with Crippen LogP contribution in [0.1, 0.15) is 27.8 Å². The highest BCUT2D eigenvalue weighted by Gasteiger charge is 2.08. The molecule has 1 amide bonds. The number of anilines is 2. The van der Waals surface area contributed by atoms with Gasteiger partial charge in [0.1, 0.15) is 5.69 Å². The number of Topliss-reactive ketones (excluding diaryl/α,β-unsaturated/α-hetero) is 1. The molecular weight excluding hydrogens is 304 g/mol. The summed E-state index contributed by atoms with van der Waals surface area (Å²) in [6, 6.07) is 10.7. The average Bonchev–Trinajstić information content (AvgIpc) is 2.55. The predicted octanol–water partition coefficient (Wildman–Crippen LogP) is 2.32. The fourth-order valence-electron chi connectivity index (χ4n) is 2.07. The van der Waals surface area contributed by atoms with E-state index in [1.165, 1.54) is 6.92 Å². The molecule has 1 aromatic heterocycles. The fourth-order valence-corrected chi connectivity index (χ4v) is 2.07. The normalized spacial score (nSPS) is 10.5. The number of benzene rings is 1. The molecule has 0 aliphatic carbocycles. The first-order chi connectivity index (χ1) is 11.5. The van der Waals surface area contributed by atoms with Crippen molar-refractivity contribution in [2.75, 3.05) is 32.5 Å². The van der Waals surface area contributed by atoms with Gasteiger partial charge in [-0.2, -0.15) is 0 Å². The van der Waals surface area contributed by atoms with Gasteiger partial charge in [0.05, 0.1) is 0 Å². The molecule has 0 saturated heterocycles. The second kappa shape index (κ2) is 8.21. The van der Waals surface area contributed by atoms with Crippen molar-refractivity contribution in [3.05, 3.63) is 53.9 Å². The van der Waals surface area contributed by atoms with Gasteiger partial charge in [0.25, 0.3) is 5.91 Å². The number of nitrogens with zero attached hydrogens (tertiary/aromatic N) is 2. The molecule has 0 fully saturated rings. The molecule has 24 heavy (non-hydrogen) atoms. The second-order valence-electron chi connectivity index (χ2n) is 5.75. The van der Waals surface area contributed by atoms with Crippen LogP contribution in [0, 0.1) is 0 Å². The Kier molecular flexibility index (Phi) is 6.03. The average molecular weight is 326 g/mol. The van der Waals surface area contributed by atoms with Crippen LogP contribution in [-0.2, 0) is 0 Å². The van der Waals surface area contributed by atoms with Gasteiger partial charge in [0, 0.05) is 36.2 Å². The number of pyridine rings is 1. The molecule has 1 aromatic carbocycles. The van der Waals surface area contributed by atoms with E-state index in [0.29, 0.717) is 17.8 Å². The van der Waals surface area contributed by atoms with Gasteiger partial charge in [0.2, 0.25) is 0 Å². The summed E-state index contributed by atoms with van der Waals surface area (Å²) in [5, 5.41) is 6.03. The highest BCUT2D eigenvalue weighted by molar-refractivity contribution is 5.94. The lowest BCUT2D eigenvalue weighted by molar-refractivity contribution is 0.0945. The van der Waals surface area contributed by atoms with E-state index in [2.05, 4.69) is 15.6 Å². The number of likely N-dealkylation sites (N-methyl/N-ethyl adjacent to an activating group) is 1. The lowest BCUT2D eigenvalue weighted by atomic mass is 10.1. The standard InChI is InChI=1S/C18H22N4O2/c1-13(23)14-4-6-15(7-5-14)21-16-8-9-19-17(12-16)18(24)20-10-11-22(2)3/h4-9,12H,10-11H2,1-3H3,(H,19,21)(H,20,24). The smallest absolute Gasteiger partial charge is 0.269 e. The highest BCUT2D eigenvalue weighted by atomic mass is 16.1. The number of amides is 1. The highest BCUT2D eigenvalue weighted by Crippen LogP contribution is 2.17. The number of hydrogen-bond acceptors (Lipinski definition) is 5. The van der Waals surface area contributed by atoms with Crippen LogP contribution in [0.15, 0.2) is 42.6 Å². The predicted molar refractivity (Wildman–Crippen MR) is 94.9 cm³/mol. The largest absolute Gasteiger partial charge is 0.355 e. The van der Waals surface area contributed by atoms with Gasteiger partial charge in [-0.25, -0.2) is 0 Å². The molecule has 2 aromatic rings. The van der Waals surface area contributed by atoms with E-state index in [9.17, 15) is 9.59 Å². The molecule has 0 radical (unpaired) electrons. The first-order valence-corrected chi connectivity index (χ1v) is 7.72. The summed E-state index contributed by atoms with van der Waals surface area (Å²) in [6.45, 7) is 2.87. The minimum atomic E-state index is -0.201. The molecule has 0 atom stereocenters. The summed E-state index contributed by atoms with van der Waals surface area (Å²) in [6.07, 6.45) is 1.59. The van der Waals surface area contributed by atoms with Crippen LogP contribution in [0.5, 0.6) is 0 Å². The summed E-state index contributed by atoms with van der Waals surface area (Å²) < 4.78 is 0. The Morgan fingerprint density at radius 1 is 1.08 bits per heavy atom. The Bertz CT molecular complexity index is 711. The van der Waals surface area contributed by atoms with E-state index < -0.39 is 0 Å². The Morgan fingerprint density at radius 3 is 2.42 bits per heavy atom. The molecule has 0 aliphatic heterocycles. The van der Waals surface area contributed by atoms with E-state index in [0.717, 1.165) is 17.9 Å². The van der Waals surface area contributed by atoms with E-state index >= 15 is 0 Å². The van der Waals surface area contributed by atoms with Gasteiger partial charge >= 0.3 is 0 Å². The van der Waals surface area contributed by atoms with Crippen molar-refractivity contribution in [1.29, 1.82) is 0 Å². The monoisotopic (exact) mass is 326 g/mol. The van der Waals surface area contributed by atoms with Crippen molar-refractivity contribution in [2.24, 2.45) is 0 Å². The third-order valence-corrected chi connectivity index (χ3v) is 3.42. The first kappa shape index (κ1) is 17.6. The second-order valence-corrected chi connectivity index (χ2v) is 5.75. The van der Waals surface area contributed by atoms with Gasteiger partial charge in [0.15, 0.2) is 5.78 Å². The summed E-state index contributed by atoms with van der Waals surface area (Å²) in [5.41, 5.74) is 2.62. The Morgan fingerprint density at radius 2 is 1.79 bits per heavy atom. The molecule has 0 saturated carbocycles. The molecule has 0 spiro atoms. The number of carbonyl (C=O) groups is 2. The number of hydrogen-bond donors (Lipinski definition) is 2. The molecule has 2 rings (SSSR count). The number of aromatic nitrogens is 1. The molecule has 2 N–H and O–H groups in total.